The van der Waals surface area contributed by atoms with E-state index in [9.17, 15) is 0 Å². The standard InChI is InChI=1S/C17H29BrN2/c1-6-15(19)10-14-7-8-16(11-17(14)18)20(5)13(4)9-12(2)3/h7-8,11-13,15H,6,9-10,19H2,1-5H3. The summed E-state index contributed by atoms with van der Waals surface area (Å²) in [6.45, 7) is 8.97. The Kier molecular flexibility index (Phi) is 7.04. The van der Waals surface area contributed by atoms with Gasteiger partial charge in [0.15, 0.2) is 0 Å². The summed E-state index contributed by atoms with van der Waals surface area (Å²) in [6.07, 6.45) is 3.15. The van der Waals surface area contributed by atoms with Gasteiger partial charge >= 0.3 is 0 Å². The van der Waals surface area contributed by atoms with Gasteiger partial charge in [-0.3, -0.25) is 0 Å². The predicted molar refractivity (Wildman–Crippen MR) is 93.4 cm³/mol. The molecular formula is C17H29BrN2. The molecule has 3 heteroatoms. The summed E-state index contributed by atoms with van der Waals surface area (Å²) in [6, 6.07) is 7.42. The van der Waals surface area contributed by atoms with Gasteiger partial charge in [-0.25, -0.2) is 0 Å². The van der Waals surface area contributed by atoms with Crippen LogP contribution in [0.25, 0.3) is 0 Å². The van der Waals surface area contributed by atoms with E-state index in [0.717, 1.165) is 18.8 Å². The van der Waals surface area contributed by atoms with E-state index in [1.165, 1.54) is 22.1 Å². The Labute approximate surface area is 132 Å². The van der Waals surface area contributed by atoms with Crippen molar-refractivity contribution < 1.29 is 0 Å². The van der Waals surface area contributed by atoms with E-state index in [0.29, 0.717) is 6.04 Å². The van der Waals surface area contributed by atoms with E-state index < -0.39 is 0 Å². The van der Waals surface area contributed by atoms with Crippen LogP contribution in [0.15, 0.2) is 22.7 Å². The second kappa shape index (κ2) is 8.04. The van der Waals surface area contributed by atoms with Crippen LogP contribution in [-0.4, -0.2) is 19.1 Å². The van der Waals surface area contributed by atoms with Crippen LogP contribution in [0, 0.1) is 5.92 Å². The Morgan fingerprint density at radius 1 is 1.25 bits per heavy atom. The molecule has 0 aromatic heterocycles. The van der Waals surface area contributed by atoms with Crippen molar-refractivity contribution in [2.24, 2.45) is 11.7 Å². The summed E-state index contributed by atoms with van der Waals surface area (Å²) >= 11 is 3.69. The third-order valence-electron chi connectivity index (χ3n) is 3.92. The average molecular weight is 341 g/mol. The minimum absolute atomic E-state index is 0.245. The zero-order chi connectivity index (χ0) is 15.3. The SMILES string of the molecule is CCC(N)Cc1ccc(N(C)C(C)CC(C)C)cc1Br. The maximum Gasteiger partial charge on any atom is 0.0377 e. The Balaban J connectivity index is 2.80. The van der Waals surface area contributed by atoms with Gasteiger partial charge in [0.2, 0.25) is 0 Å². The van der Waals surface area contributed by atoms with Crippen LogP contribution in [0.3, 0.4) is 0 Å². The molecule has 2 N–H and O–H groups in total. The Bertz CT molecular complexity index is 417. The van der Waals surface area contributed by atoms with E-state index in [1.807, 2.05) is 0 Å². The highest BCUT2D eigenvalue weighted by molar-refractivity contribution is 9.10. The zero-order valence-corrected chi connectivity index (χ0v) is 15.1. The Hall–Kier alpha value is -0.540. The molecular weight excluding hydrogens is 312 g/mol. The average Bonchev–Trinajstić information content (AvgIpc) is 2.39. The molecule has 20 heavy (non-hydrogen) atoms. The first-order chi connectivity index (χ1) is 9.35. The number of halogens is 1. The molecule has 0 bridgehead atoms. The lowest BCUT2D eigenvalue weighted by molar-refractivity contribution is 0.504. The van der Waals surface area contributed by atoms with Gasteiger partial charge in [-0.1, -0.05) is 42.8 Å². The smallest absolute Gasteiger partial charge is 0.0377 e. The van der Waals surface area contributed by atoms with Crippen molar-refractivity contribution in [3.05, 3.63) is 28.2 Å². The fraction of sp³-hybridized carbons (Fsp3) is 0.647. The van der Waals surface area contributed by atoms with E-state index in [4.69, 9.17) is 5.73 Å². The van der Waals surface area contributed by atoms with Crippen LogP contribution in [0.1, 0.15) is 46.1 Å². The predicted octanol–water partition coefficient (Wildman–Crippen LogP) is 4.60. The van der Waals surface area contributed by atoms with Gasteiger partial charge in [0.05, 0.1) is 0 Å². The van der Waals surface area contributed by atoms with Crippen molar-refractivity contribution >= 4 is 21.6 Å². The molecule has 1 rings (SSSR count). The molecule has 2 unspecified atom stereocenters. The fourth-order valence-electron chi connectivity index (χ4n) is 2.44. The molecule has 0 amide bonds. The molecule has 1 aromatic rings. The van der Waals surface area contributed by atoms with Crippen LogP contribution in [0.4, 0.5) is 5.69 Å². The fourth-order valence-corrected chi connectivity index (χ4v) is 2.97. The molecule has 1 aromatic carbocycles. The summed E-state index contributed by atoms with van der Waals surface area (Å²) < 4.78 is 1.17. The molecule has 2 nitrogen and oxygen atoms in total. The first-order valence-corrected chi connectivity index (χ1v) is 8.41. The third kappa shape index (κ3) is 5.10. The molecule has 2 atom stereocenters. The number of hydrogen-bond donors (Lipinski definition) is 1. The highest BCUT2D eigenvalue weighted by atomic mass is 79.9. The number of anilines is 1. The van der Waals surface area contributed by atoms with Crippen LogP contribution >= 0.6 is 15.9 Å². The maximum atomic E-state index is 6.04. The molecule has 0 aliphatic heterocycles. The lowest BCUT2D eigenvalue weighted by atomic mass is 10.0. The molecule has 0 saturated carbocycles. The van der Waals surface area contributed by atoms with Gasteiger partial charge in [-0.05, 0) is 49.8 Å². The lowest BCUT2D eigenvalue weighted by Crippen LogP contribution is -2.30. The van der Waals surface area contributed by atoms with Crippen molar-refractivity contribution in [2.45, 2.75) is 59.0 Å². The monoisotopic (exact) mass is 340 g/mol. The number of benzene rings is 1. The maximum absolute atomic E-state index is 6.04. The van der Waals surface area contributed by atoms with Crippen LogP contribution in [-0.2, 0) is 6.42 Å². The van der Waals surface area contributed by atoms with Crippen LogP contribution in [0.2, 0.25) is 0 Å². The van der Waals surface area contributed by atoms with Gasteiger partial charge < -0.3 is 10.6 Å². The number of nitrogens with zero attached hydrogens (tertiary/aromatic N) is 1. The van der Waals surface area contributed by atoms with Crippen molar-refractivity contribution in [2.75, 3.05) is 11.9 Å². The number of nitrogens with two attached hydrogens (primary N) is 1. The molecule has 0 radical (unpaired) electrons. The molecule has 0 aliphatic rings. The van der Waals surface area contributed by atoms with Crippen LogP contribution < -0.4 is 10.6 Å². The summed E-state index contributed by atoms with van der Waals surface area (Å²) in [5, 5.41) is 0. The summed E-state index contributed by atoms with van der Waals surface area (Å²) in [7, 11) is 2.17. The zero-order valence-electron chi connectivity index (χ0n) is 13.5. The van der Waals surface area contributed by atoms with E-state index in [2.05, 4.69) is 73.8 Å². The highest BCUT2D eigenvalue weighted by Gasteiger charge is 2.13. The minimum Gasteiger partial charge on any atom is -0.372 e. The molecule has 0 heterocycles. The summed E-state index contributed by atoms with van der Waals surface area (Å²) in [4.78, 5) is 2.36. The van der Waals surface area contributed by atoms with Crippen molar-refractivity contribution in [1.82, 2.24) is 0 Å². The van der Waals surface area contributed by atoms with Gasteiger partial charge in [0.1, 0.15) is 0 Å². The second-order valence-electron chi connectivity index (χ2n) is 6.24. The van der Waals surface area contributed by atoms with Crippen molar-refractivity contribution in [3.63, 3.8) is 0 Å². The summed E-state index contributed by atoms with van der Waals surface area (Å²) in [5.41, 5.74) is 8.61. The lowest BCUT2D eigenvalue weighted by Gasteiger charge is -2.29. The third-order valence-corrected chi connectivity index (χ3v) is 4.66. The Morgan fingerprint density at radius 2 is 1.90 bits per heavy atom. The van der Waals surface area contributed by atoms with Gasteiger partial charge in [0, 0.05) is 29.3 Å². The number of rotatable bonds is 7. The van der Waals surface area contributed by atoms with E-state index >= 15 is 0 Å². The summed E-state index contributed by atoms with van der Waals surface area (Å²) in [5.74, 6) is 0.720. The quantitative estimate of drug-likeness (QED) is 0.785. The Morgan fingerprint density at radius 3 is 2.40 bits per heavy atom. The molecule has 0 aliphatic carbocycles. The van der Waals surface area contributed by atoms with E-state index in [1.54, 1.807) is 0 Å². The highest BCUT2D eigenvalue weighted by Crippen LogP contribution is 2.26. The van der Waals surface area contributed by atoms with Gasteiger partial charge in [0.25, 0.3) is 0 Å². The topological polar surface area (TPSA) is 29.3 Å². The second-order valence-corrected chi connectivity index (χ2v) is 7.09. The largest absolute Gasteiger partial charge is 0.372 e. The van der Waals surface area contributed by atoms with E-state index in [-0.39, 0.29) is 6.04 Å². The first-order valence-electron chi connectivity index (χ1n) is 7.62. The molecule has 0 saturated heterocycles. The van der Waals surface area contributed by atoms with Crippen LogP contribution in [0.5, 0.6) is 0 Å². The van der Waals surface area contributed by atoms with Gasteiger partial charge in [-0.2, -0.15) is 0 Å². The molecule has 0 fully saturated rings. The minimum atomic E-state index is 0.245. The normalized spacial score (nSPS) is 14.4. The molecule has 114 valence electrons. The van der Waals surface area contributed by atoms with Crippen molar-refractivity contribution in [1.29, 1.82) is 0 Å². The van der Waals surface area contributed by atoms with Crippen molar-refractivity contribution in [3.8, 4) is 0 Å². The molecule has 0 spiro atoms. The number of hydrogen-bond acceptors (Lipinski definition) is 2. The van der Waals surface area contributed by atoms with Gasteiger partial charge in [-0.15, -0.1) is 0 Å². The first kappa shape index (κ1) is 17.5.